The van der Waals surface area contributed by atoms with Gasteiger partial charge >= 0.3 is 0 Å². The van der Waals surface area contributed by atoms with Crippen LogP contribution in [0.2, 0.25) is 0 Å². The van der Waals surface area contributed by atoms with Crippen molar-refractivity contribution in [3.8, 4) is 78.9 Å². The van der Waals surface area contributed by atoms with Crippen molar-refractivity contribution in [3.63, 3.8) is 0 Å². The predicted octanol–water partition coefficient (Wildman–Crippen LogP) is 16.4. The summed E-state index contributed by atoms with van der Waals surface area (Å²) < 4.78 is 49.9. The maximum Gasteiger partial charge on any atom is 0.158 e. The van der Waals surface area contributed by atoms with Crippen molar-refractivity contribution < 1.29 is 37.9 Å². The summed E-state index contributed by atoms with van der Waals surface area (Å²) >= 11 is 0. The van der Waals surface area contributed by atoms with Gasteiger partial charge in [-0.15, -0.1) is 0 Å². The van der Waals surface area contributed by atoms with E-state index in [1.807, 2.05) is 12.4 Å². The smallest absolute Gasteiger partial charge is 0.158 e. The fourth-order valence-corrected chi connectivity index (χ4v) is 10.2. The van der Waals surface area contributed by atoms with Crippen LogP contribution in [0.15, 0.2) is 134 Å². The normalized spacial score (nSPS) is 15.7. The van der Waals surface area contributed by atoms with Crippen molar-refractivity contribution in [3.05, 3.63) is 145 Å². The molecule has 0 radical (unpaired) electrons. The first-order chi connectivity index (χ1) is 37.5. The number of hydrogen-bond donors (Lipinski definition) is 0. The third-order valence-corrected chi connectivity index (χ3v) is 14.0. The van der Waals surface area contributed by atoms with Gasteiger partial charge in [0.05, 0.1) is 62.2 Å². The highest BCUT2D eigenvalue weighted by atomic mass is 16.7. The van der Waals surface area contributed by atoms with Gasteiger partial charge in [-0.2, -0.15) is 0 Å². The van der Waals surface area contributed by atoms with Crippen LogP contribution in [0.5, 0.6) is 23.0 Å². The zero-order valence-corrected chi connectivity index (χ0v) is 44.7. The second-order valence-corrected chi connectivity index (χ2v) is 19.9. The van der Waals surface area contributed by atoms with Gasteiger partial charge in [-0.3, -0.25) is 9.97 Å². The standard InChI is InChI=1S/C66H72N2O8/c1-5-29-69-59-35-45(43-75-63-19-9-11-33-73-63)36-60(70-30-6-2)65(59)49-25-21-47(22-26-49)53-17-13-15-51-39-57(67-41-55(51)53)58-40-52-16-14-18-54(56(52)42-68-58)48-23-27-50(28-24-48)66-61(71-31-7-3)37-46(38-62(66)72-32-8-4)44-76-64-20-10-12-34-74-64/h13-18,21-28,35-42,63-64H,5-12,19-20,29-34,43-44H2,1-4H3. The molecule has 0 N–H and O–H groups in total. The molecule has 2 saturated heterocycles. The van der Waals surface area contributed by atoms with E-state index in [4.69, 9.17) is 47.9 Å². The first-order valence-corrected chi connectivity index (χ1v) is 27.8. The minimum absolute atomic E-state index is 0.177. The number of rotatable bonds is 23. The molecule has 2 unspecified atom stereocenters. The molecule has 0 saturated carbocycles. The molecule has 394 valence electrons. The lowest BCUT2D eigenvalue weighted by Crippen LogP contribution is -2.22. The van der Waals surface area contributed by atoms with Gasteiger partial charge in [0, 0.05) is 36.4 Å². The van der Waals surface area contributed by atoms with Gasteiger partial charge in [0.2, 0.25) is 0 Å². The second kappa shape index (κ2) is 25.8. The summed E-state index contributed by atoms with van der Waals surface area (Å²) in [5.41, 5.74) is 12.0. The maximum absolute atomic E-state index is 6.43. The third-order valence-electron chi connectivity index (χ3n) is 14.0. The zero-order valence-electron chi connectivity index (χ0n) is 44.7. The average molecular weight is 1020 g/mol. The molecule has 2 aliphatic rings. The van der Waals surface area contributed by atoms with E-state index >= 15 is 0 Å². The summed E-state index contributed by atoms with van der Waals surface area (Å²) in [7, 11) is 0. The lowest BCUT2D eigenvalue weighted by molar-refractivity contribution is -0.169. The highest BCUT2D eigenvalue weighted by Crippen LogP contribution is 2.44. The van der Waals surface area contributed by atoms with E-state index in [1.165, 1.54) is 0 Å². The number of pyridine rings is 2. The Labute approximate surface area is 448 Å². The maximum atomic E-state index is 6.43. The topological polar surface area (TPSA) is 99.6 Å². The Balaban J connectivity index is 0.893. The van der Waals surface area contributed by atoms with Crippen molar-refractivity contribution in [2.45, 2.75) is 118 Å². The molecule has 10 nitrogen and oxygen atoms in total. The lowest BCUT2D eigenvalue weighted by Gasteiger charge is -2.23. The second-order valence-electron chi connectivity index (χ2n) is 19.9. The van der Waals surface area contributed by atoms with E-state index in [9.17, 15) is 0 Å². The molecular weight excluding hydrogens is 949 g/mol. The van der Waals surface area contributed by atoms with Gasteiger partial charge in [-0.25, -0.2) is 0 Å². The van der Waals surface area contributed by atoms with Crippen LogP contribution in [0.4, 0.5) is 0 Å². The Morgan fingerprint density at radius 1 is 0.434 bits per heavy atom. The Morgan fingerprint density at radius 3 is 1.14 bits per heavy atom. The SMILES string of the molecule is CCCOc1cc(COC2CCCCO2)cc(OCCC)c1-c1ccc(-c2cccc3cc(-c4cc5cccc(-c6ccc(-c7c(OCCC)cc(COC8CCCCO8)cc7OCCC)cc6)c5cn4)ncc23)cc1. The zero-order chi connectivity index (χ0) is 52.1. The summed E-state index contributed by atoms with van der Waals surface area (Å²) in [5, 5.41) is 4.32. The number of hydrogen-bond acceptors (Lipinski definition) is 10. The van der Waals surface area contributed by atoms with Crippen molar-refractivity contribution in [2.24, 2.45) is 0 Å². The first-order valence-electron chi connectivity index (χ1n) is 27.8. The molecule has 10 rings (SSSR count). The number of benzene rings is 6. The fraction of sp³-hybridized carbons (Fsp3) is 0.364. The number of fused-ring (bicyclic) bond motifs is 2. The highest BCUT2D eigenvalue weighted by Gasteiger charge is 2.22. The molecule has 4 heterocycles. The summed E-state index contributed by atoms with van der Waals surface area (Å²) in [6.07, 6.45) is 13.4. The molecule has 0 amide bonds. The van der Waals surface area contributed by atoms with Crippen molar-refractivity contribution >= 4 is 21.5 Å². The average Bonchev–Trinajstić information content (AvgIpc) is 3.50. The Hall–Kier alpha value is -6.82. The molecule has 2 aliphatic heterocycles. The Morgan fingerprint density at radius 2 is 0.803 bits per heavy atom. The molecule has 8 aromatic rings. The van der Waals surface area contributed by atoms with Gasteiger partial charge in [0.25, 0.3) is 0 Å². The largest absolute Gasteiger partial charge is 0.493 e. The van der Waals surface area contributed by atoms with Crippen LogP contribution < -0.4 is 18.9 Å². The minimum atomic E-state index is -0.177. The van der Waals surface area contributed by atoms with E-state index in [0.29, 0.717) is 39.6 Å². The van der Waals surface area contributed by atoms with Gasteiger partial charge in [-0.1, -0.05) is 113 Å². The van der Waals surface area contributed by atoms with Crippen LogP contribution in [0.25, 0.3) is 77.4 Å². The van der Waals surface area contributed by atoms with Crippen LogP contribution in [0.3, 0.4) is 0 Å². The van der Waals surface area contributed by atoms with Crippen LogP contribution in [0.1, 0.15) is 103 Å². The molecule has 2 fully saturated rings. The van der Waals surface area contributed by atoms with Gasteiger partial charge in [-0.05, 0) is 156 Å². The van der Waals surface area contributed by atoms with Gasteiger partial charge in [0.15, 0.2) is 12.6 Å². The summed E-state index contributed by atoms with van der Waals surface area (Å²) in [5.74, 6) is 3.19. The van der Waals surface area contributed by atoms with Crippen molar-refractivity contribution in [1.29, 1.82) is 0 Å². The minimum Gasteiger partial charge on any atom is -0.493 e. The van der Waals surface area contributed by atoms with E-state index < -0.39 is 0 Å². The molecule has 6 aromatic carbocycles. The van der Waals surface area contributed by atoms with Crippen LogP contribution >= 0.6 is 0 Å². The fourth-order valence-electron chi connectivity index (χ4n) is 10.2. The van der Waals surface area contributed by atoms with Gasteiger partial charge < -0.3 is 37.9 Å². The van der Waals surface area contributed by atoms with Crippen molar-refractivity contribution in [1.82, 2.24) is 9.97 Å². The third kappa shape index (κ3) is 12.5. The lowest BCUT2D eigenvalue weighted by atomic mass is 9.95. The van der Waals surface area contributed by atoms with E-state index in [1.54, 1.807) is 0 Å². The first kappa shape index (κ1) is 52.6. The predicted molar refractivity (Wildman–Crippen MR) is 304 cm³/mol. The number of ether oxygens (including phenoxy) is 8. The molecule has 0 spiro atoms. The molecule has 2 atom stereocenters. The molecule has 10 heteroatoms. The van der Waals surface area contributed by atoms with Crippen LogP contribution in [-0.2, 0) is 32.2 Å². The molecular formula is C66H72N2O8. The Bertz CT molecular complexity index is 2910. The number of aromatic nitrogens is 2. The van der Waals surface area contributed by atoms with E-state index in [-0.39, 0.29) is 12.6 Å². The molecule has 0 aliphatic carbocycles. The summed E-state index contributed by atoms with van der Waals surface area (Å²) in [6, 6.07) is 42.9. The summed E-state index contributed by atoms with van der Waals surface area (Å²) in [6.45, 7) is 13.2. The Kier molecular flexibility index (Phi) is 17.9. The summed E-state index contributed by atoms with van der Waals surface area (Å²) in [4.78, 5) is 10.1. The molecule has 0 bridgehead atoms. The highest BCUT2D eigenvalue weighted by molar-refractivity contribution is 6.00. The quantitative estimate of drug-likeness (QED) is 0.0616. The molecule has 2 aromatic heterocycles. The monoisotopic (exact) mass is 1020 g/mol. The molecule has 76 heavy (non-hydrogen) atoms. The van der Waals surface area contributed by atoms with Gasteiger partial charge in [0.1, 0.15) is 23.0 Å². The van der Waals surface area contributed by atoms with Crippen LogP contribution in [-0.4, -0.2) is 62.2 Å². The van der Waals surface area contributed by atoms with E-state index in [2.05, 4.69) is 149 Å². The van der Waals surface area contributed by atoms with Crippen molar-refractivity contribution in [2.75, 3.05) is 39.6 Å². The van der Waals surface area contributed by atoms with Crippen LogP contribution in [0, 0.1) is 0 Å². The number of nitrogens with zero attached hydrogens (tertiary/aromatic N) is 2. The van der Waals surface area contributed by atoms with E-state index in [0.717, 1.165) is 189 Å².